The number of aryl methyl sites for hydroxylation is 1. The topological polar surface area (TPSA) is 22.1 Å². The second kappa shape index (κ2) is 6.92. The third-order valence-electron chi connectivity index (χ3n) is 3.06. The molecular formula is C15H18ClNOS. The number of methoxy groups -OCH3 is 1. The summed E-state index contributed by atoms with van der Waals surface area (Å²) in [7, 11) is 1.68. The molecule has 0 amide bonds. The minimum atomic E-state index is 0.454. The second-order valence-electron chi connectivity index (χ2n) is 4.62. The quantitative estimate of drug-likeness (QED) is 0.749. The van der Waals surface area contributed by atoms with Gasteiger partial charge in [-0.15, -0.1) is 22.9 Å². The van der Waals surface area contributed by atoms with Crippen molar-refractivity contribution in [3.8, 4) is 5.75 Å². The Morgan fingerprint density at radius 1 is 1.26 bits per heavy atom. The van der Waals surface area contributed by atoms with Crippen LogP contribution in [-0.4, -0.2) is 18.0 Å². The van der Waals surface area contributed by atoms with E-state index in [-0.39, 0.29) is 0 Å². The molecule has 0 aliphatic carbocycles. The van der Waals surface area contributed by atoms with E-state index in [0.717, 1.165) is 23.6 Å². The van der Waals surface area contributed by atoms with Gasteiger partial charge in [-0.3, -0.25) is 0 Å². The van der Waals surface area contributed by atoms with E-state index in [1.807, 2.05) is 25.3 Å². The largest absolute Gasteiger partial charge is 0.497 e. The van der Waals surface area contributed by atoms with Gasteiger partial charge < -0.3 is 4.74 Å². The maximum Gasteiger partial charge on any atom is 0.118 e. The summed E-state index contributed by atoms with van der Waals surface area (Å²) in [6, 6.07) is 8.21. The van der Waals surface area contributed by atoms with Crippen molar-refractivity contribution in [3.63, 3.8) is 0 Å². The third kappa shape index (κ3) is 4.22. The van der Waals surface area contributed by atoms with Crippen LogP contribution in [0.3, 0.4) is 0 Å². The van der Waals surface area contributed by atoms with Gasteiger partial charge in [-0.2, -0.15) is 0 Å². The SMILES string of the molecule is COc1ccc(CC(CCl)Cc2cnc(C)s2)cc1. The lowest BCUT2D eigenvalue weighted by molar-refractivity contribution is 0.414. The van der Waals surface area contributed by atoms with Gasteiger partial charge in [-0.1, -0.05) is 12.1 Å². The van der Waals surface area contributed by atoms with Crippen molar-refractivity contribution in [2.45, 2.75) is 19.8 Å². The zero-order valence-corrected chi connectivity index (χ0v) is 12.8. The number of hydrogen-bond donors (Lipinski definition) is 0. The summed E-state index contributed by atoms with van der Waals surface area (Å²) in [5, 5.41) is 1.12. The first-order valence-electron chi connectivity index (χ1n) is 6.31. The highest BCUT2D eigenvalue weighted by molar-refractivity contribution is 7.11. The normalized spacial score (nSPS) is 12.4. The Morgan fingerprint density at radius 3 is 2.53 bits per heavy atom. The van der Waals surface area contributed by atoms with Crippen LogP contribution in [-0.2, 0) is 12.8 Å². The fourth-order valence-electron chi connectivity index (χ4n) is 2.06. The van der Waals surface area contributed by atoms with Crippen LogP contribution in [0.5, 0.6) is 5.75 Å². The van der Waals surface area contributed by atoms with Crippen LogP contribution in [0.15, 0.2) is 30.5 Å². The summed E-state index contributed by atoms with van der Waals surface area (Å²) in [6.07, 6.45) is 3.96. The van der Waals surface area contributed by atoms with Gasteiger partial charge in [0.2, 0.25) is 0 Å². The van der Waals surface area contributed by atoms with Crippen LogP contribution >= 0.6 is 22.9 Å². The number of rotatable bonds is 6. The predicted molar refractivity (Wildman–Crippen MR) is 81.5 cm³/mol. The fraction of sp³-hybridized carbons (Fsp3) is 0.400. The van der Waals surface area contributed by atoms with E-state index >= 15 is 0 Å². The van der Waals surface area contributed by atoms with Gasteiger partial charge in [-0.05, 0) is 43.4 Å². The Morgan fingerprint density at radius 2 is 2.00 bits per heavy atom. The molecule has 2 nitrogen and oxygen atoms in total. The molecule has 0 bridgehead atoms. The lowest BCUT2D eigenvalue weighted by Gasteiger charge is -2.13. The Hall–Kier alpha value is -1.06. The molecule has 0 saturated carbocycles. The monoisotopic (exact) mass is 295 g/mol. The van der Waals surface area contributed by atoms with Gasteiger partial charge in [0.15, 0.2) is 0 Å². The summed E-state index contributed by atoms with van der Waals surface area (Å²) >= 11 is 7.85. The third-order valence-corrected chi connectivity index (χ3v) is 4.43. The average Bonchev–Trinajstić information content (AvgIpc) is 2.84. The number of aromatic nitrogens is 1. The molecule has 1 heterocycles. The molecule has 4 heteroatoms. The van der Waals surface area contributed by atoms with Gasteiger partial charge in [0.05, 0.1) is 12.1 Å². The van der Waals surface area contributed by atoms with Gasteiger partial charge in [0.25, 0.3) is 0 Å². The van der Waals surface area contributed by atoms with Crippen LogP contribution in [0, 0.1) is 12.8 Å². The molecule has 0 saturated heterocycles. The van der Waals surface area contributed by atoms with E-state index in [2.05, 4.69) is 17.1 Å². The first-order valence-corrected chi connectivity index (χ1v) is 7.66. The molecule has 1 unspecified atom stereocenters. The molecule has 0 fully saturated rings. The summed E-state index contributed by atoms with van der Waals surface area (Å²) in [5.74, 6) is 2.02. The van der Waals surface area contributed by atoms with Gasteiger partial charge >= 0.3 is 0 Å². The molecule has 19 heavy (non-hydrogen) atoms. The fourth-order valence-corrected chi connectivity index (χ4v) is 3.19. The van der Waals surface area contributed by atoms with E-state index in [9.17, 15) is 0 Å². The Labute approximate surface area is 123 Å². The molecule has 0 aliphatic rings. The molecule has 2 aromatic rings. The summed E-state index contributed by atoms with van der Waals surface area (Å²) < 4.78 is 5.17. The van der Waals surface area contributed by atoms with E-state index in [1.165, 1.54) is 10.4 Å². The van der Waals surface area contributed by atoms with Crippen LogP contribution in [0.4, 0.5) is 0 Å². The number of ether oxygens (including phenoxy) is 1. The summed E-state index contributed by atoms with van der Waals surface area (Å²) in [6.45, 7) is 2.04. The molecule has 1 aromatic heterocycles. The van der Waals surface area contributed by atoms with Gasteiger partial charge in [0.1, 0.15) is 5.75 Å². The number of halogens is 1. The highest BCUT2D eigenvalue weighted by Crippen LogP contribution is 2.21. The number of nitrogens with zero attached hydrogens (tertiary/aromatic N) is 1. The van der Waals surface area contributed by atoms with E-state index in [1.54, 1.807) is 18.4 Å². The molecule has 1 aromatic carbocycles. The first kappa shape index (κ1) is 14.4. The van der Waals surface area contributed by atoms with Crippen molar-refractivity contribution in [1.29, 1.82) is 0 Å². The molecule has 0 radical (unpaired) electrons. The van der Waals surface area contributed by atoms with Crippen molar-refractivity contribution in [1.82, 2.24) is 4.98 Å². The number of alkyl halides is 1. The minimum Gasteiger partial charge on any atom is -0.497 e. The molecule has 102 valence electrons. The number of benzene rings is 1. The molecule has 2 rings (SSSR count). The summed E-state index contributed by atoms with van der Waals surface area (Å²) in [4.78, 5) is 5.61. The Bertz CT molecular complexity index is 509. The lowest BCUT2D eigenvalue weighted by Crippen LogP contribution is -2.09. The van der Waals surface area contributed by atoms with Crippen molar-refractivity contribution in [2.24, 2.45) is 5.92 Å². The number of hydrogen-bond acceptors (Lipinski definition) is 3. The van der Waals surface area contributed by atoms with E-state index in [0.29, 0.717) is 11.8 Å². The van der Waals surface area contributed by atoms with Crippen LogP contribution < -0.4 is 4.74 Å². The molecular weight excluding hydrogens is 278 g/mol. The maximum atomic E-state index is 6.09. The first-order chi connectivity index (χ1) is 9.21. The van der Waals surface area contributed by atoms with E-state index < -0.39 is 0 Å². The number of thiazole rings is 1. The van der Waals surface area contributed by atoms with E-state index in [4.69, 9.17) is 16.3 Å². The smallest absolute Gasteiger partial charge is 0.118 e. The average molecular weight is 296 g/mol. The summed E-state index contributed by atoms with van der Waals surface area (Å²) in [5.41, 5.74) is 1.30. The van der Waals surface area contributed by atoms with Crippen LogP contribution in [0.2, 0.25) is 0 Å². The van der Waals surface area contributed by atoms with Crippen molar-refractivity contribution >= 4 is 22.9 Å². The van der Waals surface area contributed by atoms with Crippen molar-refractivity contribution < 1.29 is 4.74 Å². The van der Waals surface area contributed by atoms with Crippen LogP contribution in [0.1, 0.15) is 15.4 Å². The lowest BCUT2D eigenvalue weighted by atomic mass is 9.97. The zero-order valence-electron chi connectivity index (χ0n) is 11.2. The highest BCUT2D eigenvalue weighted by Gasteiger charge is 2.11. The van der Waals surface area contributed by atoms with Gasteiger partial charge in [-0.25, -0.2) is 4.98 Å². The molecule has 0 N–H and O–H groups in total. The van der Waals surface area contributed by atoms with Crippen molar-refractivity contribution in [2.75, 3.05) is 13.0 Å². The van der Waals surface area contributed by atoms with Gasteiger partial charge in [0, 0.05) is 17.0 Å². The molecule has 1 atom stereocenters. The Kier molecular flexibility index (Phi) is 5.23. The molecule has 0 spiro atoms. The molecule has 0 aliphatic heterocycles. The van der Waals surface area contributed by atoms with Crippen LogP contribution in [0.25, 0.3) is 0 Å². The second-order valence-corrected chi connectivity index (χ2v) is 6.25. The predicted octanol–water partition coefficient (Wildman–Crippen LogP) is 4.10. The zero-order chi connectivity index (χ0) is 13.7. The highest BCUT2D eigenvalue weighted by atomic mass is 35.5. The standard InChI is InChI=1S/C15H18ClNOS/c1-11-17-10-15(19-11)8-13(9-16)7-12-3-5-14(18-2)6-4-12/h3-6,10,13H,7-9H2,1-2H3. The van der Waals surface area contributed by atoms with Crippen molar-refractivity contribution in [3.05, 3.63) is 45.9 Å². The maximum absolute atomic E-state index is 6.09. The minimum absolute atomic E-state index is 0.454. The Balaban J connectivity index is 1.97.